The van der Waals surface area contributed by atoms with E-state index in [0.717, 1.165) is 0 Å². The Hall–Kier alpha value is -2.70. The molecule has 1 aliphatic heterocycles. The normalized spacial score (nSPS) is 17.9. The van der Waals surface area contributed by atoms with Gasteiger partial charge in [0.15, 0.2) is 11.5 Å². The van der Waals surface area contributed by atoms with E-state index in [2.05, 4.69) is 10.6 Å². The molecule has 0 aromatic heterocycles. The lowest BCUT2D eigenvalue weighted by Gasteiger charge is -2.28. The number of urea groups is 1. The topological polar surface area (TPSA) is 96.9 Å². The number of amides is 2. The molecule has 21 heavy (non-hydrogen) atoms. The van der Waals surface area contributed by atoms with Crippen LogP contribution in [-0.2, 0) is 9.53 Å². The van der Waals surface area contributed by atoms with Crippen LogP contribution in [0.5, 0.6) is 11.5 Å². The maximum absolute atomic E-state index is 11.9. The van der Waals surface area contributed by atoms with E-state index in [4.69, 9.17) is 9.47 Å². The molecule has 0 spiro atoms. The van der Waals surface area contributed by atoms with Gasteiger partial charge in [-0.05, 0) is 24.6 Å². The van der Waals surface area contributed by atoms with Crippen molar-refractivity contribution in [2.75, 3.05) is 14.2 Å². The quantitative estimate of drug-likeness (QED) is 0.727. The van der Waals surface area contributed by atoms with Crippen LogP contribution in [0.2, 0.25) is 0 Å². The third-order valence-electron chi connectivity index (χ3n) is 3.21. The van der Waals surface area contributed by atoms with Gasteiger partial charge < -0.3 is 25.2 Å². The highest BCUT2D eigenvalue weighted by Gasteiger charge is 2.32. The first-order chi connectivity index (χ1) is 9.97. The molecular formula is C14H16N2O5. The van der Waals surface area contributed by atoms with Gasteiger partial charge in [-0.2, -0.15) is 0 Å². The van der Waals surface area contributed by atoms with Crippen LogP contribution in [0.1, 0.15) is 18.5 Å². The maximum atomic E-state index is 11.9. The molecule has 0 aliphatic carbocycles. The van der Waals surface area contributed by atoms with Crippen LogP contribution in [0.3, 0.4) is 0 Å². The second-order valence-electron chi connectivity index (χ2n) is 4.49. The molecule has 7 nitrogen and oxygen atoms in total. The number of phenolic OH excluding ortho intramolecular Hbond substituents is 1. The number of esters is 1. The fraction of sp³-hybridized carbons (Fsp3) is 0.286. The van der Waals surface area contributed by atoms with E-state index in [0.29, 0.717) is 17.0 Å². The minimum Gasteiger partial charge on any atom is -0.504 e. The molecule has 0 fully saturated rings. The zero-order valence-electron chi connectivity index (χ0n) is 11.9. The van der Waals surface area contributed by atoms with Crippen molar-refractivity contribution in [1.82, 2.24) is 10.6 Å². The number of phenols is 1. The number of benzene rings is 1. The van der Waals surface area contributed by atoms with Crippen LogP contribution < -0.4 is 15.4 Å². The van der Waals surface area contributed by atoms with Crippen molar-refractivity contribution < 1.29 is 24.2 Å². The molecular weight excluding hydrogens is 276 g/mol. The lowest BCUT2D eigenvalue weighted by molar-refractivity contribution is -0.136. The fourth-order valence-corrected chi connectivity index (χ4v) is 2.21. The highest BCUT2D eigenvalue weighted by Crippen LogP contribution is 2.33. The number of ether oxygens (including phenoxy) is 2. The summed E-state index contributed by atoms with van der Waals surface area (Å²) in [5, 5.41) is 15.0. The first kappa shape index (κ1) is 14.7. The van der Waals surface area contributed by atoms with Gasteiger partial charge in [0.2, 0.25) is 0 Å². The second kappa shape index (κ2) is 5.74. The smallest absolute Gasteiger partial charge is 0.337 e. The van der Waals surface area contributed by atoms with Gasteiger partial charge >= 0.3 is 12.0 Å². The molecule has 112 valence electrons. The van der Waals surface area contributed by atoms with Crippen LogP contribution in [-0.4, -0.2) is 31.3 Å². The lowest BCUT2D eigenvalue weighted by atomic mass is 9.95. The summed E-state index contributed by atoms with van der Waals surface area (Å²) in [6.45, 7) is 1.61. The summed E-state index contributed by atoms with van der Waals surface area (Å²) in [6.07, 6.45) is 0. The van der Waals surface area contributed by atoms with Gasteiger partial charge in [-0.25, -0.2) is 9.59 Å². The molecule has 1 aliphatic rings. The predicted octanol–water partition coefficient (Wildman–Crippen LogP) is 1.20. The fourth-order valence-electron chi connectivity index (χ4n) is 2.21. The molecule has 3 N–H and O–H groups in total. The average molecular weight is 292 g/mol. The standard InChI is InChI=1S/C14H16N2O5/c1-7-11(13(18)21-3)12(16-14(19)15-7)8-4-5-10(20-2)9(17)6-8/h4-6,12,17H,1-3H3,(H2,15,16,19)/t12-/m0/s1. The number of carbonyl (C=O) groups excluding carboxylic acids is 2. The molecule has 0 saturated carbocycles. The summed E-state index contributed by atoms with van der Waals surface area (Å²) in [5.41, 5.74) is 1.23. The Morgan fingerprint density at radius 2 is 2.05 bits per heavy atom. The van der Waals surface area contributed by atoms with E-state index >= 15 is 0 Å². The van der Waals surface area contributed by atoms with E-state index in [9.17, 15) is 14.7 Å². The largest absolute Gasteiger partial charge is 0.504 e. The van der Waals surface area contributed by atoms with Crippen LogP contribution in [0.4, 0.5) is 4.79 Å². The van der Waals surface area contributed by atoms with E-state index in [1.54, 1.807) is 19.1 Å². The molecule has 1 aromatic rings. The molecule has 0 bridgehead atoms. The zero-order chi connectivity index (χ0) is 15.6. The molecule has 1 heterocycles. The van der Waals surface area contributed by atoms with Crippen molar-refractivity contribution in [2.45, 2.75) is 13.0 Å². The maximum Gasteiger partial charge on any atom is 0.337 e. The van der Waals surface area contributed by atoms with Crippen molar-refractivity contribution in [1.29, 1.82) is 0 Å². The minimum absolute atomic E-state index is 0.0790. The Morgan fingerprint density at radius 1 is 1.33 bits per heavy atom. The molecule has 7 heteroatoms. The third-order valence-corrected chi connectivity index (χ3v) is 3.21. The Bertz CT molecular complexity index is 624. The van der Waals surface area contributed by atoms with Gasteiger partial charge in [0.1, 0.15) is 0 Å². The SMILES string of the molecule is COC(=O)C1=C(C)NC(=O)N[C@H]1c1ccc(OC)c(O)c1. The Labute approximate surface area is 121 Å². The number of carbonyl (C=O) groups is 2. The van der Waals surface area contributed by atoms with Crippen molar-refractivity contribution >= 4 is 12.0 Å². The van der Waals surface area contributed by atoms with Crippen LogP contribution >= 0.6 is 0 Å². The minimum atomic E-state index is -0.706. The second-order valence-corrected chi connectivity index (χ2v) is 4.49. The summed E-state index contributed by atoms with van der Waals surface area (Å²) in [6, 6.07) is 3.52. The molecule has 0 saturated heterocycles. The Morgan fingerprint density at radius 3 is 2.62 bits per heavy atom. The van der Waals surface area contributed by atoms with Crippen LogP contribution in [0.25, 0.3) is 0 Å². The lowest BCUT2D eigenvalue weighted by Crippen LogP contribution is -2.45. The average Bonchev–Trinajstić information content (AvgIpc) is 2.45. The van der Waals surface area contributed by atoms with E-state index in [1.165, 1.54) is 20.3 Å². The zero-order valence-corrected chi connectivity index (χ0v) is 11.9. The number of rotatable bonds is 3. The van der Waals surface area contributed by atoms with E-state index < -0.39 is 18.0 Å². The summed E-state index contributed by atoms with van der Waals surface area (Å²) in [7, 11) is 2.70. The number of hydrogen-bond acceptors (Lipinski definition) is 5. The number of nitrogens with one attached hydrogen (secondary N) is 2. The van der Waals surface area contributed by atoms with Gasteiger partial charge in [-0.15, -0.1) is 0 Å². The molecule has 1 aromatic carbocycles. The van der Waals surface area contributed by atoms with Gasteiger partial charge in [-0.3, -0.25) is 0 Å². The number of aromatic hydroxyl groups is 1. The van der Waals surface area contributed by atoms with Crippen molar-refractivity contribution in [3.05, 3.63) is 35.0 Å². The van der Waals surface area contributed by atoms with Crippen LogP contribution in [0.15, 0.2) is 29.5 Å². The molecule has 2 amide bonds. The van der Waals surface area contributed by atoms with E-state index in [1.807, 2.05) is 0 Å². The first-order valence-electron chi connectivity index (χ1n) is 6.21. The predicted molar refractivity (Wildman–Crippen MR) is 73.8 cm³/mol. The number of allylic oxidation sites excluding steroid dienone is 1. The highest BCUT2D eigenvalue weighted by atomic mass is 16.5. The van der Waals surface area contributed by atoms with Gasteiger partial charge in [0.05, 0.1) is 25.8 Å². The number of hydrogen-bond donors (Lipinski definition) is 3. The summed E-state index contributed by atoms with van der Waals surface area (Å²) in [4.78, 5) is 23.5. The Balaban J connectivity index is 2.48. The number of methoxy groups -OCH3 is 2. The van der Waals surface area contributed by atoms with Gasteiger partial charge in [0, 0.05) is 5.70 Å². The van der Waals surface area contributed by atoms with Crippen molar-refractivity contribution in [3.8, 4) is 11.5 Å². The summed E-state index contributed by atoms with van der Waals surface area (Å²) >= 11 is 0. The summed E-state index contributed by atoms with van der Waals surface area (Å²) < 4.78 is 9.72. The summed E-state index contributed by atoms with van der Waals surface area (Å²) in [5.74, 6) is -0.329. The highest BCUT2D eigenvalue weighted by molar-refractivity contribution is 5.94. The van der Waals surface area contributed by atoms with Gasteiger partial charge in [-0.1, -0.05) is 6.07 Å². The third kappa shape index (κ3) is 2.76. The molecule has 2 rings (SSSR count). The first-order valence-corrected chi connectivity index (χ1v) is 6.21. The van der Waals surface area contributed by atoms with Gasteiger partial charge in [0.25, 0.3) is 0 Å². The van der Waals surface area contributed by atoms with E-state index in [-0.39, 0.29) is 11.3 Å². The van der Waals surface area contributed by atoms with Crippen LogP contribution in [0, 0.1) is 0 Å². The monoisotopic (exact) mass is 292 g/mol. The van der Waals surface area contributed by atoms with Crippen molar-refractivity contribution in [2.24, 2.45) is 0 Å². The molecule has 0 unspecified atom stereocenters. The molecule has 1 atom stereocenters. The molecule has 0 radical (unpaired) electrons. The van der Waals surface area contributed by atoms with Crippen molar-refractivity contribution in [3.63, 3.8) is 0 Å². The Kier molecular flexibility index (Phi) is 4.02.